The monoisotopic (exact) mass is 463 g/mol. The molecule has 3 heterocycles. The molecule has 1 N–H and O–H groups in total. The fourth-order valence-electron chi connectivity index (χ4n) is 4.47. The van der Waals surface area contributed by atoms with Gasteiger partial charge in [-0.15, -0.1) is 0 Å². The van der Waals surface area contributed by atoms with Gasteiger partial charge in [0.15, 0.2) is 0 Å². The Kier molecular flexibility index (Phi) is 5.40. The highest BCUT2D eigenvalue weighted by Crippen LogP contribution is 2.48. The number of carbonyl (C=O) groups excluding carboxylic acids is 2. The summed E-state index contributed by atoms with van der Waals surface area (Å²) in [7, 11) is 0. The predicted molar refractivity (Wildman–Crippen MR) is 136 cm³/mol. The van der Waals surface area contributed by atoms with E-state index in [1.54, 1.807) is 29.6 Å². The lowest BCUT2D eigenvalue weighted by molar-refractivity contribution is -0.121. The van der Waals surface area contributed by atoms with Gasteiger partial charge in [-0.3, -0.25) is 14.6 Å². The first-order chi connectivity index (χ1) is 16.8. The molecule has 2 aromatic carbocycles. The number of anilines is 3. The number of nitrogens with zero attached hydrogens (tertiary/aromatic N) is 4. The summed E-state index contributed by atoms with van der Waals surface area (Å²) < 4.78 is 0. The van der Waals surface area contributed by atoms with Crippen molar-refractivity contribution in [3.05, 3.63) is 95.6 Å². The quantitative estimate of drug-likeness (QED) is 0.440. The van der Waals surface area contributed by atoms with Crippen LogP contribution in [0, 0.1) is 13.8 Å². The van der Waals surface area contributed by atoms with Crippen molar-refractivity contribution in [1.82, 2.24) is 15.0 Å². The van der Waals surface area contributed by atoms with Crippen molar-refractivity contribution in [2.45, 2.75) is 33.1 Å². The van der Waals surface area contributed by atoms with Crippen LogP contribution in [-0.4, -0.2) is 26.8 Å². The van der Waals surface area contributed by atoms with E-state index in [1.165, 1.54) is 0 Å². The molecule has 1 aliphatic rings. The molecule has 7 nitrogen and oxygen atoms in total. The van der Waals surface area contributed by atoms with E-state index in [0.29, 0.717) is 17.2 Å². The Bertz CT molecular complexity index is 1450. The minimum Gasteiger partial charge on any atom is -0.322 e. The molecule has 174 valence electrons. The second kappa shape index (κ2) is 8.43. The summed E-state index contributed by atoms with van der Waals surface area (Å²) in [6.07, 6.45) is 4.98. The Balaban J connectivity index is 1.58. The number of benzene rings is 2. The van der Waals surface area contributed by atoms with Gasteiger partial charge in [-0.2, -0.15) is 0 Å². The van der Waals surface area contributed by atoms with Crippen LogP contribution in [0.3, 0.4) is 0 Å². The number of fused-ring (bicyclic) bond motifs is 1. The number of aromatic nitrogens is 3. The van der Waals surface area contributed by atoms with Crippen molar-refractivity contribution in [3.8, 4) is 11.1 Å². The third-order valence-corrected chi connectivity index (χ3v) is 6.35. The van der Waals surface area contributed by atoms with Crippen LogP contribution in [0.1, 0.15) is 41.0 Å². The van der Waals surface area contributed by atoms with Crippen molar-refractivity contribution in [2.75, 3.05) is 10.2 Å². The van der Waals surface area contributed by atoms with Gasteiger partial charge in [-0.1, -0.05) is 29.8 Å². The number of rotatable bonds is 4. The summed E-state index contributed by atoms with van der Waals surface area (Å²) >= 11 is 0. The second-order valence-electron chi connectivity index (χ2n) is 9.19. The number of amides is 2. The molecule has 0 aliphatic carbocycles. The van der Waals surface area contributed by atoms with Crippen LogP contribution in [0.25, 0.3) is 11.1 Å². The maximum absolute atomic E-state index is 13.5. The zero-order chi connectivity index (χ0) is 24.7. The summed E-state index contributed by atoms with van der Waals surface area (Å²) in [6.45, 7) is 7.60. The van der Waals surface area contributed by atoms with Crippen LogP contribution in [0.15, 0.2) is 73.2 Å². The lowest BCUT2D eigenvalue weighted by atomic mass is 9.81. The zero-order valence-electron chi connectivity index (χ0n) is 20.0. The first-order valence-electron chi connectivity index (χ1n) is 11.4. The number of hydrogen-bond acceptors (Lipinski definition) is 5. The van der Waals surface area contributed by atoms with Gasteiger partial charge in [-0.25, -0.2) is 14.9 Å². The molecule has 2 aromatic heterocycles. The molecule has 7 heteroatoms. The summed E-state index contributed by atoms with van der Waals surface area (Å²) in [5, 5.41) is 2.95. The standard InChI is InChI=1S/C28H25N5O2/c1-17-9-11-20(12-10-17)32-25(34)22-15-19(16-31-18(22)2)21-7-5-8-23-24(21)28(3,4)26(35)33(23)27-29-13-6-14-30-27/h5-16H,1-4H3,(H,32,34). The van der Waals surface area contributed by atoms with E-state index < -0.39 is 5.41 Å². The summed E-state index contributed by atoms with van der Waals surface area (Å²) in [5.74, 6) is -0.00634. The minimum atomic E-state index is -0.819. The fourth-order valence-corrected chi connectivity index (χ4v) is 4.47. The molecular weight excluding hydrogens is 438 g/mol. The molecule has 0 saturated heterocycles. The number of hydrogen-bond donors (Lipinski definition) is 1. The molecule has 35 heavy (non-hydrogen) atoms. The van der Waals surface area contributed by atoms with Gasteiger partial charge in [0, 0.05) is 29.8 Å². The van der Waals surface area contributed by atoms with Crippen LogP contribution < -0.4 is 10.2 Å². The average molecular weight is 464 g/mol. The number of nitrogens with one attached hydrogen (secondary N) is 1. The molecular formula is C28H25N5O2. The number of pyridine rings is 1. The highest BCUT2D eigenvalue weighted by Gasteiger charge is 2.47. The molecule has 0 radical (unpaired) electrons. The van der Waals surface area contributed by atoms with Gasteiger partial charge < -0.3 is 5.32 Å². The Hall–Kier alpha value is -4.39. The SMILES string of the molecule is Cc1ccc(NC(=O)c2cc(-c3cccc4c3C(C)(C)C(=O)N4c3ncccn3)cnc2C)cc1. The molecule has 5 rings (SSSR count). The molecule has 0 bridgehead atoms. The van der Waals surface area contributed by atoms with Crippen LogP contribution in [0.5, 0.6) is 0 Å². The largest absolute Gasteiger partial charge is 0.322 e. The maximum atomic E-state index is 13.5. The van der Waals surface area contributed by atoms with Crippen molar-refractivity contribution in [3.63, 3.8) is 0 Å². The normalized spacial score (nSPS) is 14.1. The summed E-state index contributed by atoms with van der Waals surface area (Å²) in [4.78, 5) is 41.3. The third-order valence-electron chi connectivity index (χ3n) is 6.35. The van der Waals surface area contributed by atoms with Crippen LogP contribution in [0.4, 0.5) is 17.3 Å². The minimum absolute atomic E-state index is 0.108. The van der Waals surface area contributed by atoms with E-state index in [-0.39, 0.29) is 11.8 Å². The second-order valence-corrected chi connectivity index (χ2v) is 9.19. The van der Waals surface area contributed by atoms with Crippen LogP contribution in [0.2, 0.25) is 0 Å². The van der Waals surface area contributed by atoms with Gasteiger partial charge >= 0.3 is 0 Å². The van der Waals surface area contributed by atoms with E-state index in [9.17, 15) is 9.59 Å². The van der Waals surface area contributed by atoms with Crippen molar-refractivity contribution >= 4 is 29.1 Å². The van der Waals surface area contributed by atoms with Crippen molar-refractivity contribution in [2.24, 2.45) is 0 Å². The lowest BCUT2D eigenvalue weighted by Gasteiger charge is -2.20. The van der Waals surface area contributed by atoms with Crippen molar-refractivity contribution < 1.29 is 9.59 Å². The highest BCUT2D eigenvalue weighted by molar-refractivity contribution is 6.13. The topological polar surface area (TPSA) is 88.1 Å². The van der Waals surface area contributed by atoms with Gasteiger partial charge in [0.2, 0.25) is 11.9 Å². The fraction of sp³-hybridized carbons (Fsp3) is 0.179. The Labute approximate surface area is 203 Å². The number of aryl methyl sites for hydroxylation is 2. The summed E-state index contributed by atoms with van der Waals surface area (Å²) in [6, 6.07) is 16.9. The summed E-state index contributed by atoms with van der Waals surface area (Å²) in [5.41, 5.74) is 5.31. The van der Waals surface area contributed by atoms with E-state index in [4.69, 9.17) is 0 Å². The highest BCUT2D eigenvalue weighted by atomic mass is 16.2. The van der Waals surface area contributed by atoms with E-state index in [2.05, 4.69) is 20.3 Å². The molecule has 4 aromatic rings. The van der Waals surface area contributed by atoms with Crippen LogP contribution >= 0.6 is 0 Å². The molecule has 0 fully saturated rings. The van der Waals surface area contributed by atoms with Gasteiger partial charge in [0.05, 0.1) is 22.4 Å². The predicted octanol–water partition coefficient (Wildman–Crippen LogP) is 5.36. The first-order valence-corrected chi connectivity index (χ1v) is 11.4. The molecule has 0 spiro atoms. The molecule has 0 saturated carbocycles. The Morgan fingerprint density at radius 3 is 2.37 bits per heavy atom. The molecule has 0 atom stereocenters. The smallest absolute Gasteiger partial charge is 0.257 e. The lowest BCUT2D eigenvalue weighted by Crippen LogP contribution is -2.34. The van der Waals surface area contributed by atoms with Crippen LogP contribution in [-0.2, 0) is 10.2 Å². The maximum Gasteiger partial charge on any atom is 0.257 e. The van der Waals surface area contributed by atoms with E-state index in [0.717, 1.165) is 33.6 Å². The molecule has 1 aliphatic heterocycles. The number of carbonyl (C=O) groups is 2. The average Bonchev–Trinajstić information content (AvgIpc) is 3.06. The van der Waals surface area contributed by atoms with E-state index in [1.807, 2.05) is 76.2 Å². The Morgan fingerprint density at radius 2 is 1.66 bits per heavy atom. The zero-order valence-corrected chi connectivity index (χ0v) is 20.0. The van der Waals surface area contributed by atoms with Gasteiger partial charge in [0.25, 0.3) is 5.91 Å². The van der Waals surface area contributed by atoms with Gasteiger partial charge in [0.1, 0.15) is 0 Å². The molecule has 2 amide bonds. The van der Waals surface area contributed by atoms with Crippen molar-refractivity contribution in [1.29, 1.82) is 0 Å². The first kappa shape index (κ1) is 22.4. The Morgan fingerprint density at radius 1 is 0.943 bits per heavy atom. The molecule has 0 unspecified atom stereocenters. The van der Waals surface area contributed by atoms with Gasteiger partial charge in [-0.05, 0) is 69.2 Å². The third kappa shape index (κ3) is 3.85. The van der Waals surface area contributed by atoms with E-state index >= 15 is 0 Å².